The minimum absolute atomic E-state index is 0.320. The van der Waals surface area contributed by atoms with Gasteiger partial charge >= 0.3 is 5.63 Å². The summed E-state index contributed by atoms with van der Waals surface area (Å²) in [7, 11) is 0. The fourth-order valence-corrected chi connectivity index (χ4v) is 4.03. The maximum absolute atomic E-state index is 11.9. The van der Waals surface area contributed by atoms with Gasteiger partial charge in [-0.2, -0.15) is 0 Å². The minimum atomic E-state index is -0.348. The number of likely N-dealkylation sites (tertiary alicyclic amines) is 1. The molecule has 29 heavy (non-hydrogen) atoms. The molecule has 0 bridgehead atoms. The Morgan fingerprint density at radius 1 is 1.14 bits per heavy atom. The highest BCUT2D eigenvalue weighted by atomic mass is 35.5. The molecule has 0 amide bonds. The second-order valence-electron chi connectivity index (χ2n) is 7.58. The van der Waals surface area contributed by atoms with Gasteiger partial charge in [-0.3, -0.25) is 4.90 Å². The first-order valence-electron chi connectivity index (χ1n) is 10.1. The molecule has 2 aromatic carbocycles. The van der Waals surface area contributed by atoms with Gasteiger partial charge in [0.1, 0.15) is 5.58 Å². The second kappa shape index (κ2) is 8.85. The molecule has 1 saturated heterocycles. The number of piperidine rings is 1. The van der Waals surface area contributed by atoms with Crippen LogP contribution < -0.4 is 10.9 Å². The first-order chi connectivity index (χ1) is 14.1. The lowest BCUT2D eigenvalue weighted by atomic mass is 10.0. The Morgan fingerprint density at radius 2 is 1.90 bits per heavy atom. The zero-order valence-electron chi connectivity index (χ0n) is 16.5. The number of hydrogen-bond donors (Lipinski definition) is 1. The van der Waals surface area contributed by atoms with E-state index < -0.39 is 0 Å². The Kier molecular flexibility index (Phi) is 6.02. The number of benzene rings is 2. The summed E-state index contributed by atoms with van der Waals surface area (Å²) in [6.45, 7) is 4.27. The van der Waals surface area contributed by atoms with E-state index in [2.05, 4.69) is 53.6 Å². The van der Waals surface area contributed by atoms with Crippen LogP contribution in [0.2, 0.25) is 5.02 Å². The van der Waals surface area contributed by atoms with Crippen LogP contribution in [-0.4, -0.2) is 30.1 Å². The van der Waals surface area contributed by atoms with Gasteiger partial charge in [0.15, 0.2) is 0 Å². The molecule has 150 valence electrons. The van der Waals surface area contributed by atoms with E-state index in [0.29, 0.717) is 22.7 Å². The number of nitrogens with one attached hydrogen (secondary N) is 1. The summed E-state index contributed by atoms with van der Waals surface area (Å²) >= 11 is 6.14. The molecule has 5 heteroatoms. The van der Waals surface area contributed by atoms with Gasteiger partial charge in [-0.1, -0.05) is 54.1 Å². The largest absolute Gasteiger partial charge is 0.423 e. The summed E-state index contributed by atoms with van der Waals surface area (Å²) in [4.78, 5) is 14.4. The molecule has 2 heterocycles. The van der Waals surface area contributed by atoms with Crippen molar-refractivity contribution in [3.63, 3.8) is 0 Å². The van der Waals surface area contributed by atoms with Gasteiger partial charge < -0.3 is 9.73 Å². The van der Waals surface area contributed by atoms with Crippen molar-refractivity contribution in [3.8, 4) is 0 Å². The molecule has 1 N–H and O–H groups in total. The van der Waals surface area contributed by atoms with Crippen LogP contribution in [0.1, 0.15) is 25.3 Å². The molecule has 1 aliphatic heterocycles. The van der Waals surface area contributed by atoms with Crippen molar-refractivity contribution < 1.29 is 4.42 Å². The maximum atomic E-state index is 11.9. The monoisotopic (exact) mass is 408 g/mol. The van der Waals surface area contributed by atoms with Crippen LogP contribution in [-0.2, 0) is 0 Å². The van der Waals surface area contributed by atoms with Crippen LogP contribution in [0.25, 0.3) is 17.0 Å². The Labute approximate surface area is 175 Å². The predicted octanol–water partition coefficient (Wildman–Crippen LogP) is 5.42. The summed E-state index contributed by atoms with van der Waals surface area (Å²) in [5, 5.41) is 5.02. The molecule has 0 radical (unpaired) electrons. The van der Waals surface area contributed by atoms with Crippen molar-refractivity contribution in [1.29, 1.82) is 0 Å². The predicted molar refractivity (Wildman–Crippen MR) is 121 cm³/mol. The van der Waals surface area contributed by atoms with Gasteiger partial charge in [-0.15, -0.1) is 0 Å². The molecule has 1 atom stereocenters. The Hall–Kier alpha value is -2.56. The van der Waals surface area contributed by atoms with E-state index in [4.69, 9.17) is 16.0 Å². The smallest absolute Gasteiger partial charge is 0.338 e. The number of fused-ring (bicyclic) bond motifs is 1. The fraction of sp³-hybridized carbons (Fsp3) is 0.292. The van der Waals surface area contributed by atoms with Crippen molar-refractivity contribution in [2.45, 2.75) is 31.8 Å². The molecule has 3 aromatic rings. The zero-order valence-corrected chi connectivity index (χ0v) is 17.2. The van der Waals surface area contributed by atoms with E-state index in [0.717, 1.165) is 37.0 Å². The first-order valence-corrected chi connectivity index (χ1v) is 10.4. The number of rotatable bonds is 5. The minimum Gasteiger partial charge on any atom is -0.423 e. The van der Waals surface area contributed by atoms with Crippen LogP contribution >= 0.6 is 11.6 Å². The van der Waals surface area contributed by atoms with Gasteiger partial charge in [0.25, 0.3) is 0 Å². The highest BCUT2D eigenvalue weighted by Gasteiger charge is 2.22. The van der Waals surface area contributed by atoms with Crippen molar-refractivity contribution in [3.05, 3.63) is 81.7 Å². The number of anilines is 1. The average Bonchev–Trinajstić information content (AvgIpc) is 2.74. The fourth-order valence-electron chi connectivity index (χ4n) is 3.86. The van der Waals surface area contributed by atoms with E-state index in [1.165, 1.54) is 11.6 Å². The normalized spacial score (nSPS) is 17.0. The Balaban J connectivity index is 1.39. The van der Waals surface area contributed by atoms with E-state index in [-0.39, 0.29) is 5.63 Å². The molecule has 0 aliphatic carbocycles. The van der Waals surface area contributed by atoms with Gasteiger partial charge in [0.2, 0.25) is 0 Å². The van der Waals surface area contributed by atoms with E-state index in [1.807, 2.05) is 12.1 Å². The zero-order chi connectivity index (χ0) is 20.2. The Bertz CT molecular complexity index is 1050. The van der Waals surface area contributed by atoms with Gasteiger partial charge in [0, 0.05) is 41.6 Å². The van der Waals surface area contributed by atoms with E-state index >= 15 is 0 Å². The van der Waals surface area contributed by atoms with Gasteiger partial charge in [-0.05, 0) is 43.5 Å². The molecule has 4 nitrogen and oxygen atoms in total. The second-order valence-corrected chi connectivity index (χ2v) is 8.02. The lowest BCUT2D eigenvalue weighted by Crippen LogP contribution is -2.42. The molecule has 1 fully saturated rings. The van der Waals surface area contributed by atoms with Crippen molar-refractivity contribution >= 4 is 34.3 Å². The van der Waals surface area contributed by atoms with Gasteiger partial charge in [0.05, 0.1) is 5.69 Å². The Morgan fingerprint density at radius 3 is 2.66 bits per heavy atom. The standard InChI is InChI=1S/C24H25ClN2O2/c1-17(7-8-18-5-3-2-4-6-18)27-13-11-20(12-14-27)26-22-16-24(28)29-23-10-9-19(25)15-21(22)23/h2-10,15-17,20,26H,11-14H2,1H3. The van der Waals surface area contributed by atoms with Crippen LogP contribution in [0.5, 0.6) is 0 Å². The third kappa shape index (κ3) is 4.89. The third-order valence-electron chi connectivity index (χ3n) is 5.54. The highest BCUT2D eigenvalue weighted by molar-refractivity contribution is 6.31. The molecule has 1 aromatic heterocycles. The lowest BCUT2D eigenvalue weighted by Gasteiger charge is -2.35. The summed E-state index contributed by atoms with van der Waals surface area (Å²) in [6.07, 6.45) is 6.49. The number of hydrogen-bond acceptors (Lipinski definition) is 4. The van der Waals surface area contributed by atoms with E-state index in [1.54, 1.807) is 12.1 Å². The summed E-state index contributed by atoms with van der Waals surface area (Å²) in [5.41, 5.74) is 2.24. The number of halogens is 1. The van der Waals surface area contributed by atoms with Crippen molar-refractivity contribution in [2.24, 2.45) is 0 Å². The SMILES string of the molecule is CC(C=Cc1ccccc1)N1CCC(Nc2cc(=O)oc3ccc(Cl)cc23)CC1. The van der Waals surface area contributed by atoms with Crippen LogP contribution in [0, 0.1) is 0 Å². The summed E-state index contributed by atoms with van der Waals surface area (Å²) in [5.74, 6) is 0. The van der Waals surface area contributed by atoms with Crippen LogP contribution in [0.4, 0.5) is 5.69 Å². The summed E-state index contributed by atoms with van der Waals surface area (Å²) < 4.78 is 5.29. The molecule has 0 saturated carbocycles. The van der Waals surface area contributed by atoms with Crippen LogP contribution in [0.15, 0.2) is 69.9 Å². The van der Waals surface area contributed by atoms with Crippen molar-refractivity contribution in [2.75, 3.05) is 18.4 Å². The molecule has 4 rings (SSSR count). The molecule has 0 spiro atoms. The van der Waals surface area contributed by atoms with Crippen LogP contribution in [0.3, 0.4) is 0 Å². The molecule has 1 aliphatic rings. The highest BCUT2D eigenvalue weighted by Crippen LogP contribution is 2.27. The quantitative estimate of drug-likeness (QED) is 0.572. The molecular formula is C24H25ClN2O2. The molecular weight excluding hydrogens is 384 g/mol. The maximum Gasteiger partial charge on any atom is 0.338 e. The number of nitrogens with zero attached hydrogens (tertiary/aromatic N) is 1. The topological polar surface area (TPSA) is 45.5 Å². The summed E-state index contributed by atoms with van der Waals surface area (Å²) in [6, 6.07) is 17.9. The van der Waals surface area contributed by atoms with Gasteiger partial charge in [-0.25, -0.2) is 4.79 Å². The third-order valence-corrected chi connectivity index (χ3v) is 5.77. The van der Waals surface area contributed by atoms with E-state index in [9.17, 15) is 4.79 Å². The average molecular weight is 409 g/mol. The lowest BCUT2D eigenvalue weighted by molar-refractivity contribution is 0.193. The van der Waals surface area contributed by atoms with Crippen molar-refractivity contribution in [1.82, 2.24) is 4.90 Å². The first kappa shape index (κ1) is 19.7. The molecule has 1 unspecified atom stereocenters.